The van der Waals surface area contributed by atoms with Gasteiger partial charge in [-0.2, -0.15) is 0 Å². The molecule has 4 heteroatoms. The van der Waals surface area contributed by atoms with Crippen molar-refractivity contribution in [2.45, 2.75) is 65.0 Å². The first-order valence-electron chi connectivity index (χ1n) is 8.15. The van der Waals surface area contributed by atoms with Gasteiger partial charge in [-0.25, -0.2) is 0 Å². The standard InChI is InChI=1S/C18H26N2O.ClH/c1-11-6-12(2)18(13(3)7-11)20-17(21)10-14-8-15-4-5-16(9-14)19-15;/h6-7,14-16,19H,4-5,8-10H2,1-3H3,(H,20,21);1H. The van der Waals surface area contributed by atoms with Crippen LogP contribution in [0, 0.1) is 26.7 Å². The number of piperidine rings is 1. The smallest absolute Gasteiger partial charge is 0.224 e. The molecule has 122 valence electrons. The number of amides is 1. The number of fused-ring (bicyclic) bond motifs is 2. The summed E-state index contributed by atoms with van der Waals surface area (Å²) in [4.78, 5) is 12.4. The van der Waals surface area contributed by atoms with E-state index >= 15 is 0 Å². The second-order valence-corrected chi connectivity index (χ2v) is 7.00. The molecule has 2 atom stereocenters. The van der Waals surface area contributed by atoms with Crippen LogP contribution in [0.2, 0.25) is 0 Å². The molecular formula is C18H27ClN2O. The number of hydrogen-bond acceptors (Lipinski definition) is 2. The van der Waals surface area contributed by atoms with Crippen molar-refractivity contribution in [1.82, 2.24) is 5.32 Å². The zero-order chi connectivity index (χ0) is 15.0. The van der Waals surface area contributed by atoms with E-state index in [0.29, 0.717) is 24.4 Å². The number of carbonyl (C=O) groups excluding carboxylic acids is 1. The van der Waals surface area contributed by atoms with Gasteiger partial charge in [0.1, 0.15) is 0 Å². The van der Waals surface area contributed by atoms with Gasteiger partial charge in [0, 0.05) is 24.2 Å². The summed E-state index contributed by atoms with van der Waals surface area (Å²) >= 11 is 0. The van der Waals surface area contributed by atoms with Gasteiger partial charge in [-0.1, -0.05) is 17.7 Å². The minimum atomic E-state index is 0. The average molecular weight is 323 g/mol. The highest BCUT2D eigenvalue weighted by Gasteiger charge is 2.34. The van der Waals surface area contributed by atoms with Gasteiger partial charge in [0.25, 0.3) is 0 Å². The fraction of sp³-hybridized carbons (Fsp3) is 0.611. The van der Waals surface area contributed by atoms with Gasteiger partial charge in [-0.3, -0.25) is 4.79 Å². The summed E-state index contributed by atoms with van der Waals surface area (Å²) in [7, 11) is 0. The largest absolute Gasteiger partial charge is 0.326 e. The van der Waals surface area contributed by atoms with Crippen LogP contribution in [-0.2, 0) is 4.79 Å². The minimum absolute atomic E-state index is 0. The number of aryl methyl sites for hydroxylation is 3. The second-order valence-electron chi connectivity index (χ2n) is 7.00. The maximum absolute atomic E-state index is 12.4. The third-order valence-corrected chi connectivity index (χ3v) is 4.99. The first kappa shape index (κ1) is 17.3. The molecule has 0 spiro atoms. The number of hydrogen-bond donors (Lipinski definition) is 2. The molecule has 2 bridgehead atoms. The molecule has 1 amide bonds. The molecule has 1 aromatic carbocycles. The van der Waals surface area contributed by atoms with Crippen molar-refractivity contribution in [1.29, 1.82) is 0 Å². The topological polar surface area (TPSA) is 41.1 Å². The Balaban J connectivity index is 0.00000176. The molecule has 3 rings (SSSR count). The molecule has 2 heterocycles. The molecule has 2 fully saturated rings. The van der Waals surface area contributed by atoms with Crippen LogP contribution in [0.5, 0.6) is 0 Å². The maximum atomic E-state index is 12.4. The lowest BCUT2D eigenvalue weighted by molar-refractivity contribution is -0.117. The van der Waals surface area contributed by atoms with Crippen molar-refractivity contribution in [3.63, 3.8) is 0 Å². The number of benzene rings is 1. The molecule has 0 aromatic heterocycles. The molecular weight excluding hydrogens is 296 g/mol. The van der Waals surface area contributed by atoms with Crippen molar-refractivity contribution in [2.24, 2.45) is 5.92 Å². The summed E-state index contributed by atoms with van der Waals surface area (Å²) in [6.45, 7) is 6.23. The average Bonchev–Trinajstić information content (AvgIpc) is 2.73. The van der Waals surface area contributed by atoms with Crippen LogP contribution < -0.4 is 10.6 Å². The van der Waals surface area contributed by atoms with Crippen LogP contribution in [0.4, 0.5) is 5.69 Å². The Morgan fingerprint density at radius 3 is 2.23 bits per heavy atom. The molecule has 1 aromatic rings. The van der Waals surface area contributed by atoms with E-state index in [2.05, 4.69) is 43.5 Å². The summed E-state index contributed by atoms with van der Waals surface area (Å²) in [5, 5.41) is 6.78. The van der Waals surface area contributed by atoms with Gasteiger partial charge in [0.2, 0.25) is 5.91 Å². The Morgan fingerprint density at radius 2 is 1.68 bits per heavy atom. The molecule has 0 aliphatic carbocycles. The lowest BCUT2D eigenvalue weighted by Crippen LogP contribution is -2.39. The Bertz CT molecular complexity index is 523. The monoisotopic (exact) mass is 322 g/mol. The third-order valence-electron chi connectivity index (χ3n) is 4.99. The van der Waals surface area contributed by atoms with Crippen LogP contribution in [-0.4, -0.2) is 18.0 Å². The molecule has 2 aliphatic heterocycles. The highest BCUT2D eigenvalue weighted by Crippen LogP contribution is 2.33. The molecule has 2 aliphatic rings. The Morgan fingerprint density at radius 1 is 1.14 bits per heavy atom. The molecule has 22 heavy (non-hydrogen) atoms. The van der Waals surface area contributed by atoms with E-state index in [9.17, 15) is 4.79 Å². The zero-order valence-corrected chi connectivity index (χ0v) is 14.6. The van der Waals surface area contributed by atoms with E-state index in [4.69, 9.17) is 0 Å². The number of anilines is 1. The zero-order valence-electron chi connectivity index (χ0n) is 13.7. The number of nitrogens with one attached hydrogen (secondary N) is 2. The van der Waals surface area contributed by atoms with E-state index in [1.54, 1.807) is 0 Å². The molecule has 2 saturated heterocycles. The predicted octanol–water partition coefficient (Wildman–Crippen LogP) is 3.89. The van der Waals surface area contributed by atoms with Gasteiger partial charge in [-0.15, -0.1) is 12.4 Å². The first-order chi connectivity index (χ1) is 10.0. The number of halogens is 1. The van der Waals surface area contributed by atoms with Gasteiger partial charge >= 0.3 is 0 Å². The second kappa shape index (κ2) is 7.01. The molecule has 0 saturated carbocycles. The van der Waals surface area contributed by atoms with E-state index in [1.165, 1.54) is 18.4 Å². The lowest BCUT2D eigenvalue weighted by Gasteiger charge is -2.28. The molecule has 0 radical (unpaired) electrons. The summed E-state index contributed by atoms with van der Waals surface area (Å²) in [6.07, 6.45) is 5.57. The van der Waals surface area contributed by atoms with Crippen molar-refractivity contribution in [3.05, 3.63) is 28.8 Å². The number of carbonyl (C=O) groups is 1. The molecule has 3 nitrogen and oxygen atoms in total. The highest BCUT2D eigenvalue weighted by molar-refractivity contribution is 5.92. The van der Waals surface area contributed by atoms with Crippen molar-refractivity contribution >= 4 is 24.0 Å². The fourth-order valence-corrected chi connectivity index (χ4v) is 4.17. The van der Waals surface area contributed by atoms with Crippen molar-refractivity contribution in [2.75, 3.05) is 5.32 Å². The van der Waals surface area contributed by atoms with E-state index in [0.717, 1.165) is 29.7 Å². The van der Waals surface area contributed by atoms with Gasteiger partial charge in [0.15, 0.2) is 0 Å². The Hall–Kier alpha value is -1.06. The summed E-state index contributed by atoms with van der Waals surface area (Å²) in [5.74, 6) is 0.728. The van der Waals surface area contributed by atoms with Crippen LogP contribution in [0.15, 0.2) is 12.1 Å². The van der Waals surface area contributed by atoms with Crippen molar-refractivity contribution < 1.29 is 4.79 Å². The van der Waals surface area contributed by atoms with Crippen molar-refractivity contribution in [3.8, 4) is 0 Å². The summed E-state index contributed by atoms with van der Waals surface area (Å²) in [6, 6.07) is 5.58. The summed E-state index contributed by atoms with van der Waals surface area (Å²) < 4.78 is 0. The highest BCUT2D eigenvalue weighted by atomic mass is 35.5. The summed E-state index contributed by atoms with van der Waals surface area (Å²) in [5.41, 5.74) is 4.57. The SMILES string of the molecule is Cc1cc(C)c(NC(=O)CC2CC3CCC(C2)N3)c(C)c1.Cl. The molecule has 2 unspecified atom stereocenters. The van der Waals surface area contributed by atoms with Gasteiger partial charge < -0.3 is 10.6 Å². The van der Waals surface area contributed by atoms with Crippen LogP contribution in [0.3, 0.4) is 0 Å². The van der Waals surface area contributed by atoms with E-state index < -0.39 is 0 Å². The Labute approximate surface area is 139 Å². The first-order valence-corrected chi connectivity index (χ1v) is 8.15. The normalized spacial score (nSPS) is 26.4. The minimum Gasteiger partial charge on any atom is -0.326 e. The van der Waals surface area contributed by atoms with Gasteiger partial charge in [-0.05, 0) is 63.5 Å². The Kier molecular flexibility index (Phi) is 5.51. The predicted molar refractivity (Wildman–Crippen MR) is 93.8 cm³/mol. The third kappa shape index (κ3) is 3.82. The lowest BCUT2D eigenvalue weighted by atomic mass is 9.89. The van der Waals surface area contributed by atoms with E-state index in [1.807, 2.05) is 0 Å². The van der Waals surface area contributed by atoms with E-state index in [-0.39, 0.29) is 18.3 Å². The maximum Gasteiger partial charge on any atom is 0.224 e. The fourth-order valence-electron chi connectivity index (χ4n) is 4.17. The van der Waals surface area contributed by atoms with Crippen LogP contribution in [0.25, 0.3) is 0 Å². The number of rotatable bonds is 3. The molecule has 2 N–H and O–H groups in total. The quantitative estimate of drug-likeness (QED) is 0.886. The van der Waals surface area contributed by atoms with Gasteiger partial charge in [0.05, 0.1) is 0 Å². The van der Waals surface area contributed by atoms with Crippen LogP contribution >= 0.6 is 12.4 Å². The van der Waals surface area contributed by atoms with Crippen LogP contribution in [0.1, 0.15) is 48.8 Å².